The number of ether oxygens (including phenoxy) is 2. The molecule has 45 heavy (non-hydrogen) atoms. The minimum Gasteiger partial charge on any atom is -0.486 e. The highest BCUT2D eigenvalue weighted by atomic mass is 32.2. The van der Waals surface area contributed by atoms with Crippen molar-refractivity contribution in [1.82, 2.24) is 28.1 Å². The third kappa shape index (κ3) is 6.95. The number of amides is 1. The number of imidazole rings is 1. The molecular formula is C30H37FN6O6S2. The van der Waals surface area contributed by atoms with Gasteiger partial charge in [-0.1, -0.05) is 19.4 Å². The van der Waals surface area contributed by atoms with Crippen LogP contribution >= 0.6 is 11.3 Å². The first-order valence-electron chi connectivity index (χ1n) is 14.7. The van der Waals surface area contributed by atoms with Crippen molar-refractivity contribution in [2.24, 2.45) is 0 Å². The van der Waals surface area contributed by atoms with Gasteiger partial charge in [-0.05, 0) is 38.0 Å². The monoisotopic (exact) mass is 660 g/mol. The number of hydrogen-bond acceptors (Lipinski definition) is 9. The Kier molecular flexibility index (Phi) is 9.72. The van der Waals surface area contributed by atoms with Gasteiger partial charge in [0.2, 0.25) is 27.5 Å². The fraction of sp³-hybridized carbons (Fsp3) is 0.467. The van der Waals surface area contributed by atoms with Crippen LogP contribution in [-0.2, 0) is 32.5 Å². The SMILES string of the molecule is CCCCOc1c(-c2ncc(Cc3ccc(F)cc3S(=O)(=O)N(C)C)s2)nc2n(CC(=O)N3C[C@H](C)O[C@@H](C)C3)ccn2c1=O. The lowest BCUT2D eigenvalue weighted by Crippen LogP contribution is -2.49. The highest BCUT2D eigenvalue weighted by Crippen LogP contribution is 2.32. The van der Waals surface area contributed by atoms with Crippen molar-refractivity contribution in [3.63, 3.8) is 0 Å². The van der Waals surface area contributed by atoms with Gasteiger partial charge in [0.05, 0.1) is 23.7 Å². The molecule has 1 saturated heterocycles. The first-order chi connectivity index (χ1) is 21.4. The van der Waals surface area contributed by atoms with Crippen molar-refractivity contribution in [3.8, 4) is 16.5 Å². The van der Waals surface area contributed by atoms with Crippen LogP contribution in [0.3, 0.4) is 0 Å². The summed E-state index contributed by atoms with van der Waals surface area (Å²) >= 11 is 1.23. The van der Waals surface area contributed by atoms with Crippen molar-refractivity contribution in [2.45, 2.75) is 63.7 Å². The van der Waals surface area contributed by atoms with Crippen molar-refractivity contribution < 1.29 is 27.1 Å². The number of fused-ring (bicyclic) bond motifs is 1. The number of benzene rings is 1. The maximum atomic E-state index is 14.1. The van der Waals surface area contributed by atoms with Gasteiger partial charge in [-0.15, -0.1) is 11.3 Å². The largest absolute Gasteiger partial charge is 0.486 e. The van der Waals surface area contributed by atoms with Crippen LogP contribution in [0.1, 0.15) is 44.1 Å². The summed E-state index contributed by atoms with van der Waals surface area (Å²) in [5.74, 6) is -0.474. The molecule has 12 nitrogen and oxygen atoms in total. The second-order valence-corrected chi connectivity index (χ2v) is 14.5. The third-order valence-corrected chi connectivity index (χ3v) is 10.3. The smallest absolute Gasteiger partial charge is 0.302 e. The molecule has 2 atom stereocenters. The van der Waals surface area contributed by atoms with Gasteiger partial charge in [0.15, 0.2) is 5.69 Å². The van der Waals surface area contributed by atoms with Crippen LogP contribution < -0.4 is 10.3 Å². The molecule has 1 fully saturated rings. The van der Waals surface area contributed by atoms with E-state index >= 15 is 0 Å². The van der Waals surface area contributed by atoms with E-state index in [-0.39, 0.29) is 53.2 Å². The maximum Gasteiger partial charge on any atom is 0.302 e. The molecule has 4 aromatic rings. The Bertz CT molecular complexity index is 1860. The van der Waals surface area contributed by atoms with E-state index in [0.29, 0.717) is 35.1 Å². The second kappa shape index (κ2) is 13.4. The number of carbonyl (C=O) groups excluding carboxylic acids is 1. The average Bonchev–Trinajstić information content (AvgIpc) is 3.61. The minimum atomic E-state index is -3.91. The van der Waals surface area contributed by atoms with Crippen molar-refractivity contribution in [1.29, 1.82) is 0 Å². The van der Waals surface area contributed by atoms with E-state index < -0.39 is 21.4 Å². The number of halogens is 1. The molecule has 3 aromatic heterocycles. The molecule has 0 aliphatic carbocycles. The fourth-order valence-corrected chi connectivity index (χ4v) is 7.25. The first-order valence-corrected chi connectivity index (χ1v) is 17.0. The normalized spacial score (nSPS) is 17.4. The van der Waals surface area contributed by atoms with E-state index in [4.69, 9.17) is 14.5 Å². The number of unbranched alkanes of at least 4 members (excludes halogenated alkanes) is 1. The Morgan fingerprint density at radius 1 is 1.20 bits per heavy atom. The van der Waals surface area contributed by atoms with Crippen LogP contribution in [0.4, 0.5) is 4.39 Å². The Labute approximate surface area is 265 Å². The molecule has 4 heterocycles. The third-order valence-electron chi connectivity index (χ3n) is 7.44. The number of morpholine rings is 1. The van der Waals surface area contributed by atoms with Crippen molar-refractivity contribution >= 4 is 33.0 Å². The maximum absolute atomic E-state index is 14.1. The van der Waals surface area contributed by atoms with E-state index in [9.17, 15) is 22.4 Å². The number of aromatic nitrogens is 4. The summed E-state index contributed by atoms with van der Waals surface area (Å²) in [6.07, 6.45) is 6.37. The predicted molar refractivity (Wildman–Crippen MR) is 168 cm³/mol. The molecular weight excluding hydrogens is 623 g/mol. The highest BCUT2D eigenvalue weighted by Gasteiger charge is 2.28. The molecule has 15 heteroatoms. The lowest BCUT2D eigenvalue weighted by molar-refractivity contribution is -0.143. The van der Waals surface area contributed by atoms with Crippen LogP contribution in [0.2, 0.25) is 0 Å². The highest BCUT2D eigenvalue weighted by molar-refractivity contribution is 7.89. The number of nitrogens with zero attached hydrogens (tertiary/aromatic N) is 6. The van der Waals surface area contributed by atoms with Gasteiger partial charge >= 0.3 is 5.56 Å². The molecule has 5 rings (SSSR count). The van der Waals surface area contributed by atoms with Gasteiger partial charge in [0, 0.05) is 57.1 Å². The predicted octanol–water partition coefficient (Wildman–Crippen LogP) is 3.41. The molecule has 1 amide bonds. The molecule has 0 saturated carbocycles. The zero-order valence-corrected chi connectivity index (χ0v) is 27.5. The summed E-state index contributed by atoms with van der Waals surface area (Å²) in [5.41, 5.74) is 0.205. The molecule has 0 bridgehead atoms. The average molecular weight is 661 g/mol. The van der Waals surface area contributed by atoms with Gasteiger partial charge in [-0.3, -0.25) is 9.59 Å². The second-order valence-electron chi connectivity index (χ2n) is 11.3. The molecule has 1 aliphatic rings. The lowest BCUT2D eigenvalue weighted by Gasteiger charge is -2.35. The summed E-state index contributed by atoms with van der Waals surface area (Å²) in [6.45, 7) is 7.10. The van der Waals surface area contributed by atoms with Crippen LogP contribution in [0, 0.1) is 5.82 Å². The number of carbonyl (C=O) groups is 1. The van der Waals surface area contributed by atoms with Crippen molar-refractivity contribution in [2.75, 3.05) is 33.8 Å². The van der Waals surface area contributed by atoms with Crippen LogP contribution in [0.15, 0.2) is 46.5 Å². The summed E-state index contributed by atoms with van der Waals surface area (Å²) < 4.78 is 55.7. The number of hydrogen-bond donors (Lipinski definition) is 0. The topological polar surface area (TPSA) is 128 Å². The van der Waals surface area contributed by atoms with Gasteiger partial charge in [-0.25, -0.2) is 31.5 Å². The number of thiazole rings is 1. The Morgan fingerprint density at radius 3 is 2.62 bits per heavy atom. The number of sulfonamides is 1. The van der Waals surface area contributed by atoms with Gasteiger partial charge in [0.25, 0.3) is 0 Å². The molecule has 0 spiro atoms. The van der Waals surface area contributed by atoms with E-state index in [1.807, 2.05) is 20.8 Å². The van der Waals surface area contributed by atoms with Crippen LogP contribution in [0.5, 0.6) is 5.75 Å². The minimum absolute atomic E-state index is 0.0192. The van der Waals surface area contributed by atoms with E-state index in [1.165, 1.54) is 42.0 Å². The summed E-state index contributed by atoms with van der Waals surface area (Å²) in [6, 6.07) is 3.67. The van der Waals surface area contributed by atoms with E-state index in [1.54, 1.807) is 28.1 Å². The molecule has 0 radical (unpaired) electrons. The van der Waals surface area contributed by atoms with E-state index in [0.717, 1.165) is 23.2 Å². The molecule has 1 aliphatic heterocycles. The zero-order chi connectivity index (χ0) is 32.5. The zero-order valence-electron chi connectivity index (χ0n) is 25.9. The van der Waals surface area contributed by atoms with Gasteiger partial charge < -0.3 is 18.9 Å². The summed E-state index contributed by atoms with van der Waals surface area (Å²) in [4.78, 5) is 38.6. The standard InChI is InChI=1S/C30H37FN6O6S2/c1-6-7-12-42-27-26(28-32-15-23(44-28)13-21-8-9-22(31)14-24(21)45(40,41)34(4)5)33-30-35(10-11-37(30)29(27)39)18-25(38)36-16-19(2)43-20(3)17-36/h8-11,14-15,19-20H,6-7,12-13,16-18H2,1-5H3/t19-,20-/m0/s1. The van der Waals surface area contributed by atoms with Crippen molar-refractivity contribution in [3.05, 3.63) is 63.4 Å². The quantitative estimate of drug-likeness (QED) is 0.224. The van der Waals surface area contributed by atoms with E-state index in [2.05, 4.69) is 4.98 Å². The molecule has 0 N–H and O–H groups in total. The fourth-order valence-electron chi connectivity index (χ4n) is 5.20. The Balaban J connectivity index is 1.51. The summed E-state index contributed by atoms with van der Waals surface area (Å²) in [5, 5.41) is 0.394. The molecule has 0 unspecified atom stereocenters. The van der Waals surface area contributed by atoms with Gasteiger partial charge in [-0.2, -0.15) is 0 Å². The molecule has 242 valence electrons. The first kappa shape index (κ1) is 32.7. The lowest BCUT2D eigenvalue weighted by atomic mass is 10.1. The van der Waals surface area contributed by atoms with Crippen LogP contribution in [-0.4, -0.2) is 88.5 Å². The molecule has 1 aromatic carbocycles. The Morgan fingerprint density at radius 2 is 1.93 bits per heavy atom. The Hall–Kier alpha value is -3.66. The number of rotatable bonds is 11. The van der Waals surface area contributed by atoms with Gasteiger partial charge in [0.1, 0.15) is 17.4 Å². The summed E-state index contributed by atoms with van der Waals surface area (Å²) in [7, 11) is -1.13. The van der Waals surface area contributed by atoms with Crippen LogP contribution in [0.25, 0.3) is 16.5 Å².